The molecule has 0 spiro atoms. The Morgan fingerprint density at radius 1 is 1.05 bits per heavy atom. The van der Waals surface area contributed by atoms with Gasteiger partial charge in [0, 0.05) is 23.3 Å². The molecule has 0 saturated carbocycles. The standard InChI is InChI=1S/C15H8O5/c16-10-5-7-19-14-8-2-1-6-18-13(8)9-3-4-11(17)20-15(9)12(10)14/h1-7,13H. The quantitative estimate of drug-likeness (QED) is 0.732. The summed E-state index contributed by atoms with van der Waals surface area (Å²) in [5.74, 6) is 0.605. The van der Waals surface area contributed by atoms with Crippen molar-refractivity contribution in [1.82, 2.24) is 0 Å². The summed E-state index contributed by atoms with van der Waals surface area (Å²) in [4.78, 5) is 23.6. The van der Waals surface area contributed by atoms with Crippen LogP contribution in [0.15, 0.2) is 61.3 Å². The minimum Gasteiger partial charge on any atom is -0.488 e. The minimum atomic E-state index is -0.517. The highest BCUT2D eigenvalue weighted by Gasteiger charge is 2.36. The van der Waals surface area contributed by atoms with Crippen molar-refractivity contribution in [2.45, 2.75) is 6.10 Å². The Morgan fingerprint density at radius 2 is 1.95 bits per heavy atom. The van der Waals surface area contributed by atoms with Crippen LogP contribution < -0.4 is 11.1 Å². The third-order valence-electron chi connectivity index (χ3n) is 3.37. The van der Waals surface area contributed by atoms with E-state index in [9.17, 15) is 9.59 Å². The van der Waals surface area contributed by atoms with Gasteiger partial charge in [0.15, 0.2) is 17.3 Å². The molecule has 4 rings (SSSR count). The fourth-order valence-corrected chi connectivity index (χ4v) is 2.54. The number of ether oxygens (including phenoxy) is 1. The zero-order valence-corrected chi connectivity index (χ0v) is 10.2. The predicted octanol–water partition coefficient (Wildman–Crippen LogP) is 2.24. The fourth-order valence-electron chi connectivity index (χ4n) is 2.54. The van der Waals surface area contributed by atoms with Crippen LogP contribution in [-0.4, -0.2) is 0 Å². The van der Waals surface area contributed by atoms with E-state index in [1.807, 2.05) is 6.08 Å². The van der Waals surface area contributed by atoms with Gasteiger partial charge in [-0.1, -0.05) is 0 Å². The van der Waals surface area contributed by atoms with Crippen molar-refractivity contribution in [1.29, 1.82) is 0 Å². The zero-order chi connectivity index (χ0) is 13.7. The highest BCUT2D eigenvalue weighted by molar-refractivity contribution is 5.85. The van der Waals surface area contributed by atoms with Gasteiger partial charge in [-0.25, -0.2) is 4.79 Å². The molecule has 0 bridgehead atoms. The molecule has 5 nitrogen and oxygen atoms in total. The van der Waals surface area contributed by atoms with Gasteiger partial charge < -0.3 is 13.6 Å². The molecule has 5 heteroatoms. The van der Waals surface area contributed by atoms with Gasteiger partial charge in [-0.15, -0.1) is 0 Å². The van der Waals surface area contributed by atoms with Gasteiger partial charge in [0.1, 0.15) is 11.3 Å². The number of fused-ring (bicyclic) bond motifs is 6. The number of hydrogen-bond donors (Lipinski definition) is 0. The third-order valence-corrected chi connectivity index (χ3v) is 3.37. The van der Waals surface area contributed by atoms with E-state index in [1.54, 1.807) is 18.4 Å². The first-order chi connectivity index (χ1) is 9.75. The van der Waals surface area contributed by atoms with Crippen LogP contribution in [0.4, 0.5) is 0 Å². The topological polar surface area (TPSA) is 69.7 Å². The minimum absolute atomic E-state index is 0.222. The SMILES string of the molecule is O=c1ccc2c(o1)-c1c(occc1=O)C1=CC=COC12. The maximum absolute atomic E-state index is 12.1. The highest BCUT2D eigenvalue weighted by atomic mass is 16.5. The average Bonchev–Trinajstić information content (AvgIpc) is 2.47. The Bertz CT molecular complexity index is 882. The molecular formula is C15H8O5. The van der Waals surface area contributed by atoms with Gasteiger partial charge in [-0.2, -0.15) is 0 Å². The van der Waals surface area contributed by atoms with E-state index in [0.717, 1.165) is 5.57 Å². The number of allylic oxidation sites excluding steroid dienone is 2. The van der Waals surface area contributed by atoms with Gasteiger partial charge in [0.05, 0.1) is 12.5 Å². The van der Waals surface area contributed by atoms with Crippen molar-refractivity contribution >= 4 is 5.57 Å². The lowest BCUT2D eigenvalue weighted by atomic mass is 9.87. The van der Waals surface area contributed by atoms with Crippen molar-refractivity contribution in [2.75, 3.05) is 0 Å². The Hall–Kier alpha value is -2.82. The van der Waals surface area contributed by atoms with Gasteiger partial charge in [0.2, 0.25) is 0 Å². The Balaban J connectivity index is 2.17. The molecule has 1 atom stereocenters. The fraction of sp³-hybridized carbons (Fsp3) is 0.0667. The molecular weight excluding hydrogens is 260 g/mol. The van der Waals surface area contributed by atoms with Crippen LogP contribution in [0, 0.1) is 0 Å². The molecule has 1 aliphatic heterocycles. The zero-order valence-electron chi connectivity index (χ0n) is 10.2. The molecule has 2 aromatic rings. The summed E-state index contributed by atoms with van der Waals surface area (Å²) in [7, 11) is 0. The second kappa shape index (κ2) is 3.84. The molecule has 3 heterocycles. The van der Waals surface area contributed by atoms with Crippen molar-refractivity contribution < 1.29 is 13.6 Å². The van der Waals surface area contributed by atoms with E-state index in [0.29, 0.717) is 11.3 Å². The van der Waals surface area contributed by atoms with Gasteiger partial charge >= 0.3 is 5.63 Å². The molecule has 2 aromatic heterocycles. The van der Waals surface area contributed by atoms with E-state index in [1.165, 1.54) is 18.4 Å². The maximum Gasteiger partial charge on any atom is 0.336 e. The molecule has 1 aliphatic carbocycles. The lowest BCUT2D eigenvalue weighted by molar-refractivity contribution is 0.189. The third kappa shape index (κ3) is 1.37. The molecule has 0 radical (unpaired) electrons. The van der Waals surface area contributed by atoms with Crippen LogP contribution in [-0.2, 0) is 4.74 Å². The summed E-state index contributed by atoms with van der Waals surface area (Å²) in [6, 6.07) is 4.23. The van der Waals surface area contributed by atoms with E-state index < -0.39 is 11.7 Å². The second-order valence-corrected chi connectivity index (χ2v) is 4.49. The molecule has 2 aliphatic rings. The summed E-state index contributed by atoms with van der Waals surface area (Å²) in [6.45, 7) is 0. The van der Waals surface area contributed by atoms with Crippen LogP contribution in [0.2, 0.25) is 0 Å². The molecule has 1 unspecified atom stereocenters. The van der Waals surface area contributed by atoms with Gasteiger partial charge in [-0.3, -0.25) is 4.79 Å². The van der Waals surface area contributed by atoms with Crippen molar-refractivity contribution in [3.8, 4) is 11.3 Å². The van der Waals surface area contributed by atoms with E-state index in [4.69, 9.17) is 13.6 Å². The van der Waals surface area contributed by atoms with E-state index in [2.05, 4.69) is 0 Å². The van der Waals surface area contributed by atoms with Crippen molar-refractivity contribution in [2.24, 2.45) is 0 Å². The first-order valence-corrected chi connectivity index (χ1v) is 6.04. The Labute approximate surface area is 112 Å². The van der Waals surface area contributed by atoms with Crippen LogP contribution in [0.1, 0.15) is 17.4 Å². The average molecular weight is 268 g/mol. The summed E-state index contributed by atoms with van der Waals surface area (Å²) in [5.41, 5.74) is 0.877. The Kier molecular flexibility index (Phi) is 2.12. The number of rotatable bonds is 0. The van der Waals surface area contributed by atoms with Gasteiger partial charge in [-0.05, 0) is 18.2 Å². The van der Waals surface area contributed by atoms with E-state index in [-0.39, 0.29) is 16.8 Å². The second-order valence-electron chi connectivity index (χ2n) is 4.49. The summed E-state index contributed by atoms with van der Waals surface area (Å²) >= 11 is 0. The smallest absolute Gasteiger partial charge is 0.336 e. The largest absolute Gasteiger partial charge is 0.488 e. The normalized spacial score (nSPS) is 18.4. The maximum atomic E-state index is 12.1. The summed E-state index contributed by atoms with van der Waals surface area (Å²) in [6.07, 6.45) is 5.99. The highest BCUT2D eigenvalue weighted by Crippen LogP contribution is 2.46. The lowest BCUT2D eigenvalue weighted by Crippen LogP contribution is -2.20. The molecule has 0 saturated heterocycles. The first-order valence-electron chi connectivity index (χ1n) is 6.04. The monoisotopic (exact) mass is 268 g/mol. The van der Waals surface area contributed by atoms with E-state index >= 15 is 0 Å². The van der Waals surface area contributed by atoms with Crippen molar-refractivity contribution in [3.63, 3.8) is 0 Å². The van der Waals surface area contributed by atoms with Crippen molar-refractivity contribution in [3.05, 3.63) is 74.8 Å². The molecule has 0 aromatic carbocycles. The van der Waals surface area contributed by atoms with Gasteiger partial charge in [0.25, 0.3) is 0 Å². The lowest BCUT2D eigenvalue weighted by Gasteiger charge is -2.28. The van der Waals surface area contributed by atoms with Crippen LogP contribution in [0.25, 0.3) is 16.9 Å². The summed E-state index contributed by atoms with van der Waals surface area (Å²) < 4.78 is 16.2. The molecule has 0 amide bonds. The molecule has 0 N–H and O–H groups in total. The van der Waals surface area contributed by atoms with Crippen LogP contribution >= 0.6 is 0 Å². The van der Waals surface area contributed by atoms with Crippen LogP contribution in [0.5, 0.6) is 0 Å². The predicted molar refractivity (Wildman–Crippen MR) is 69.9 cm³/mol. The molecule has 98 valence electrons. The molecule has 0 fully saturated rings. The summed E-state index contributed by atoms with van der Waals surface area (Å²) in [5, 5.41) is 0. The van der Waals surface area contributed by atoms with Crippen LogP contribution in [0.3, 0.4) is 0 Å². The molecule has 20 heavy (non-hydrogen) atoms. The first kappa shape index (κ1) is 11.0. The Morgan fingerprint density at radius 3 is 2.85 bits per heavy atom. The number of hydrogen-bond acceptors (Lipinski definition) is 5.